The van der Waals surface area contributed by atoms with Gasteiger partial charge in [-0.2, -0.15) is 0 Å². The molecule has 1 atom stereocenters. The van der Waals surface area contributed by atoms with Gasteiger partial charge < -0.3 is 14.6 Å². The average Bonchev–Trinajstić information content (AvgIpc) is 2.45. The molecule has 0 fully saturated rings. The predicted octanol–water partition coefficient (Wildman–Crippen LogP) is 3.15. The van der Waals surface area contributed by atoms with Gasteiger partial charge in [-0.05, 0) is 6.92 Å². The van der Waals surface area contributed by atoms with E-state index in [4.69, 9.17) is 4.74 Å². The summed E-state index contributed by atoms with van der Waals surface area (Å²) in [7, 11) is 0. The maximum atomic E-state index is 13.9. The number of esters is 1. The van der Waals surface area contributed by atoms with Crippen LogP contribution in [0.1, 0.15) is 25.0 Å². The van der Waals surface area contributed by atoms with Crippen LogP contribution >= 0.6 is 0 Å². The molecule has 23 heavy (non-hydrogen) atoms. The fraction of sp³-hybridized carbons (Fsp3) is 0.400. The van der Waals surface area contributed by atoms with Crippen LogP contribution in [0.25, 0.3) is 0 Å². The van der Waals surface area contributed by atoms with Crippen LogP contribution in [0.5, 0.6) is 5.75 Å². The number of hydrogen-bond acceptors (Lipinski definition) is 4. The number of carbonyl (C=O) groups is 1. The average molecular weight is 336 g/mol. The highest BCUT2D eigenvalue weighted by Crippen LogP contribution is 2.30. The zero-order valence-corrected chi connectivity index (χ0v) is 12.3. The van der Waals surface area contributed by atoms with Gasteiger partial charge in [-0.15, -0.1) is 0 Å². The third-order valence-electron chi connectivity index (χ3n) is 2.80. The lowest BCUT2D eigenvalue weighted by Crippen LogP contribution is -2.16. The number of ether oxygens (including phenoxy) is 2. The maximum Gasteiger partial charge on any atom is 0.336 e. The quantitative estimate of drug-likeness (QED) is 0.450. The monoisotopic (exact) mass is 336 g/mol. The lowest BCUT2D eigenvalue weighted by atomic mass is 10.0. The van der Waals surface area contributed by atoms with E-state index in [0.717, 1.165) is 12.1 Å². The summed E-state index contributed by atoms with van der Waals surface area (Å²) in [6.45, 7) is 4.35. The molecule has 0 amide bonds. The number of rotatable bonds is 8. The van der Waals surface area contributed by atoms with Crippen molar-refractivity contribution in [2.45, 2.75) is 25.9 Å². The molecule has 0 radical (unpaired) electrons. The Kier molecular flexibility index (Phi) is 7.02. The molecule has 0 saturated heterocycles. The highest BCUT2D eigenvalue weighted by molar-refractivity contribution is 5.89. The molecule has 0 spiro atoms. The van der Waals surface area contributed by atoms with Gasteiger partial charge in [0.1, 0.15) is 23.5 Å². The summed E-state index contributed by atoms with van der Waals surface area (Å²) in [5.74, 6) is -3.70. The molecule has 1 aromatic rings. The first-order chi connectivity index (χ1) is 10.8. The SMILES string of the molecule is C=C(C(=O)OCC)[C@@H](O)c1c(F)cc(OCCC(F)F)cc1F. The van der Waals surface area contributed by atoms with Gasteiger partial charge in [-0.25, -0.2) is 22.4 Å². The van der Waals surface area contributed by atoms with Crippen LogP contribution in [-0.2, 0) is 9.53 Å². The van der Waals surface area contributed by atoms with Crippen molar-refractivity contribution >= 4 is 5.97 Å². The number of hydrogen-bond donors (Lipinski definition) is 1. The zero-order chi connectivity index (χ0) is 17.6. The van der Waals surface area contributed by atoms with Gasteiger partial charge in [0, 0.05) is 18.6 Å². The van der Waals surface area contributed by atoms with E-state index in [1.807, 2.05) is 0 Å². The van der Waals surface area contributed by atoms with E-state index in [1.54, 1.807) is 0 Å². The van der Waals surface area contributed by atoms with E-state index >= 15 is 0 Å². The van der Waals surface area contributed by atoms with Gasteiger partial charge in [0.2, 0.25) is 6.43 Å². The third-order valence-corrected chi connectivity index (χ3v) is 2.80. The molecule has 0 saturated carbocycles. The van der Waals surface area contributed by atoms with E-state index in [1.165, 1.54) is 6.92 Å². The number of aliphatic hydroxyl groups excluding tert-OH is 1. The fourth-order valence-corrected chi connectivity index (χ4v) is 1.68. The topological polar surface area (TPSA) is 55.8 Å². The number of alkyl halides is 2. The third kappa shape index (κ3) is 5.24. The first-order valence-electron chi connectivity index (χ1n) is 6.71. The molecular weight excluding hydrogens is 320 g/mol. The molecule has 1 rings (SSSR count). The molecule has 0 bridgehead atoms. The summed E-state index contributed by atoms with van der Waals surface area (Å²) in [6, 6.07) is 1.46. The summed E-state index contributed by atoms with van der Waals surface area (Å²) in [5.41, 5.74) is -1.33. The van der Waals surface area contributed by atoms with Gasteiger partial charge in [0.25, 0.3) is 0 Å². The Labute approximate surface area is 130 Å². The van der Waals surface area contributed by atoms with Crippen LogP contribution in [-0.4, -0.2) is 30.7 Å². The Bertz CT molecular complexity index is 552. The normalized spacial score (nSPS) is 12.1. The van der Waals surface area contributed by atoms with Crippen molar-refractivity contribution in [2.24, 2.45) is 0 Å². The van der Waals surface area contributed by atoms with Crippen molar-refractivity contribution < 1.29 is 36.9 Å². The van der Waals surface area contributed by atoms with E-state index in [-0.39, 0.29) is 12.4 Å². The fourth-order valence-electron chi connectivity index (χ4n) is 1.68. The first kappa shape index (κ1) is 19.0. The Hall–Kier alpha value is -2.09. The Morgan fingerprint density at radius 3 is 2.35 bits per heavy atom. The molecule has 128 valence electrons. The molecule has 8 heteroatoms. The minimum Gasteiger partial charge on any atom is -0.493 e. The number of aliphatic hydroxyl groups is 1. The summed E-state index contributed by atoms with van der Waals surface area (Å²) in [4.78, 5) is 11.4. The highest BCUT2D eigenvalue weighted by Gasteiger charge is 2.26. The van der Waals surface area contributed by atoms with E-state index in [0.29, 0.717) is 0 Å². The summed E-state index contributed by atoms with van der Waals surface area (Å²) in [5, 5.41) is 9.87. The summed E-state index contributed by atoms with van der Waals surface area (Å²) >= 11 is 0. The highest BCUT2D eigenvalue weighted by atomic mass is 19.3. The van der Waals surface area contributed by atoms with Crippen LogP contribution in [0.4, 0.5) is 17.6 Å². The van der Waals surface area contributed by atoms with E-state index < -0.39 is 54.3 Å². The largest absolute Gasteiger partial charge is 0.493 e. The molecular formula is C15H16F4O4. The molecule has 0 heterocycles. The molecule has 0 unspecified atom stereocenters. The zero-order valence-electron chi connectivity index (χ0n) is 12.3. The number of halogens is 4. The predicted molar refractivity (Wildman–Crippen MR) is 73.2 cm³/mol. The summed E-state index contributed by atoms with van der Waals surface area (Å²) < 4.78 is 61.2. The first-order valence-corrected chi connectivity index (χ1v) is 6.71. The maximum absolute atomic E-state index is 13.9. The minimum absolute atomic E-state index is 0.00640. The smallest absolute Gasteiger partial charge is 0.336 e. The second-order valence-corrected chi connectivity index (χ2v) is 4.48. The van der Waals surface area contributed by atoms with E-state index in [2.05, 4.69) is 11.3 Å². The second-order valence-electron chi connectivity index (χ2n) is 4.48. The Morgan fingerprint density at radius 2 is 1.87 bits per heavy atom. The lowest BCUT2D eigenvalue weighted by molar-refractivity contribution is -0.139. The number of benzene rings is 1. The molecule has 0 aliphatic heterocycles. The Balaban J connectivity index is 2.92. The van der Waals surface area contributed by atoms with Crippen LogP contribution in [0, 0.1) is 11.6 Å². The van der Waals surface area contributed by atoms with Crippen LogP contribution < -0.4 is 4.74 Å². The van der Waals surface area contributed by atoms with Crippen molar-refractivity contribution in [1.29, 1.82) is 0 Å². The lowest BCUT2D eigenvalue weighted by Gasteiger charge is -2.16. The van der Waals surface area contributed by atoms with Crippen LogP contribution in [0.2, 0.25) is 0 Å². The van der Waals surface area contributed by atoms with Crippen molar-refractivity contribution in [3.63, 3.8) is 0 Å². The van der Waals surface area contributed by atoms with Crippen molar-refractivity contribution in [3.05, 3.63) is 41.5 Å². The molecule has 0 aromatic heterocycles. The minimum atomic E-state index is -2.60. The molecule has 0 aliphatic carbocycles. The Morgan fingerprint density at radius 1 is 1.30 bits per heavy atom. The molecule has 0 aliphatic rings. The van der Waals surface area contributed by atoms with Crippen molar-refractivity contribution in [3.8, 4) is 5.75 Å². The van der Waals surface area contributed by atoms with Gasteiger partial charge in [0.15, 0.2) is 0 Å². The standard InChI is InChI=1S/C15H16F4O4/c1-3-22-15(21)8(2)14(20)13-10(16)6-9(7-11(13)17)23-5-4-12(18)19/h6-7,12,14,20H,2-5H2,1H3/t14-/m1/s1. The van der Waals surface area contributed by atoms with Crippen molar-refractivity contribution in [2.75, 3.05) is 13.2 Å². The van der Waals surface area contributed by atoms with Gasteiger partial charge >= 0.3 is 5.97 Å². The molecule has 1 N–H and O–H groups in total. The summed E-state index contributed by atoms with van der Waals surface area (Å²) in [6.07, 6.45) is -5.13. The number of carbonyl (C=O) groups excluding carboxylic acids is 1. The van der Waals surface area contributed by atoms with Crippen molar-refractivity contribution in [1.82, 2.24) is 0 Å². The second kappa shape index (κ2) is 8.52. The van der Waals surface area contributed by atoms with E-state index in [9.17, 15) is 27.5 Å². The molecule has 4 nitrogen and oxygen atoms in total. The van der Waals surface area contributed by atoms with Gasteiger partial charge in [0.05, 0.1) is 24.4 Å². The van der Waals surface area contributed by atoms with Crippen LogP contribution in [0.15, 0.2) is 24.3 Å². The van der Waals surface area contributed by atoms with Crippen LogP contribution in [0.3, 0.4) is 0 Å². The van der Waals surface area contributed by atoms with Gasteiger partial charge in [-0.1, -0.05) is 6.58 Å². The molecule has 1 aromatic carbocycles. The van der Waals surface area contributed by atoms with Gasteiger partial charge in [-0.3, -0.25) is 0 Å².